The number of rotatable bonds is 10. The van der Waals surface area contributed by atoms with E-state index >= 15 is 0 Å². The number of methoxy groups -OCH3 is 1. The molecule has 0 aromatic heterocycles. The highest BCUT2D eigenvalue weighted by atomic mass is 16.6. The zero-order valence-corrected chi connectivity index (χ0v) is 18.7. The number of amides is 1. The minimum Gasteiger partial charge on any atom is -0.493 e. The maximum Gasteiger partial charge on any atom is 0.352 e. The first kappa shape index (κ1) is 25.4. The third-order valence-corrected chi connectivity index (χ3v) is 4.87. The molecule has 3 rings (SSSR count). The van der Waals surface area contributed by atoms with Gasteiger partial charge in [0.2, 0.25) is 0 Å². The van der Waals surface area contributed by atoms with E-state index < -0.39 is 33.1 Å². The summed E-state index contributed by atoms with van der Waals surface area (Å²) >= 11 is 0. The van der Waals surface area contributed by atoms with Crippen molar-refractivity contribution in [2.45, 2.75) is 6.61 Å². The Morgan fingerprint density at radius 2 is 1.69 bits per heavy atom. The van der Waals surface area contributed by atoms with Gasteiger partial charge in [-0.3, -0.25) is 25.0 Å². The smallest absolute Gasteiger partial charge is 0.352 e. The average molecular weight is 493 g/mol. The van der Waals surface area contributed by atoms with E-state index in [1.165, 1.54) is 37.5 Å². The number of aliphatic carboxylic acids is 1. The van der Waals surface area contributed by atoms with Crippen molar-refractivity contribution in [1.29, 1.82) is 0 Å². The number of nitrogens with one attached hydrogen (secondary N) is 1. The Bertz CT molecular complexity index is 1350. The molecular formula is C24H19N3O9. The van der Waals surface area contributed by atoms with Crippen molar-refractivity contribution in [2.75, 3.05) is 7.11 Å². The predicted molar refractivity (Wildman–Crippen MR) is 127 cm³/mol. The molecule has 0 aliphatic rings. The Morgan fingerprint density at radius 3 is 2.31 bits per heavy atom. The molecule has 0 bridgehead atoms. The second-order valence-corrected chi connectivity index (χ2v) is 7.21. The van der Waals surface area contributed by atoms with Gasteiger partial charge in [0.25, 0.3) is 17.3 Å². The first-order valence-corrected chi connectivity index (χ1v) is 10.2. The molecule has 0 fully saturated rings. The molecular weight excluding hydrogens is 474 g/mol. The van der Waals surface area contributed by atoms with Gasteiger partial charge in [-0.15, -0.1) is 0 Å². The van der Waals surface area contributed by atoms with Crippen molar-refractivity contribution in [3.8, 4) is 11.5 Å². The molecule has 0 heterocycles. The molecule has 0 unspecified atom stereocenters. The monoisotopic (exact) mass is 493 g/mol. The van der Waals surface area contributed by atoms with Crippen LogP contribution in [0.2, 0.25) is 0 Å². The fourth-order valence-electron chi connectivity index (χ4n) is 3.11. The van der Waals surface area contributed by atoms with Crippen LogP contribution in [-0.2, 0) is 11.4 Å². The van der Waals surface area contributed by atoms with Gasteiger partial charge in [-0.25, -0.2) is 4.79 Å². The number of hydrogen-bond acceptors (Lipinski definition) is 8. The number of benzene rings is 3. The maximum absolute atomic E-state index is 12.3. The van der Waals surface area contributed by atoms with Crippen molar-refractivity contribution >= 4 is 29.3 Å². The lowest BCUT2D eigenvalue weighted by Crippen LogP contribution is -2.27. The summed E-state index contributed by atoms with van der Waals surface area (Å²) in [5.41, 5.74) is -0.511. The Balaban J connectivity index is 1.82. The van der Waals surface area contributed by atoms with E-state index in [0.717, 1.165) is 12.1 Å². The standard InChI is InChI=1S/C24H19N3O9/c1-35-22-12-15(11-19(24(29)30)25-23(28)16-5-3-2-4-6-16)7-10-21(22)36-14-17-8-9-18(26(31)32)13-20(17)27(33)34/h2-13H,14H2,1H3,(H,25,28)(H,29,30). The van der Waals surface area contributed by atoms with E-state index in [-0.39, 0.29) is 34.9 Å². The Morgan fingerprint density at radius 1 is 0.972 bits per heavy atom. The molecule has 12 nitrogen and oxygen atoms in total. The summed E-state index contributed by atoms with van der Waals surface area (Å²) in [6.45, 7) is -0.284. The van der Waals surface area contributed by atoms with Crippen LogP contribution < -0.4 is 14.8 Å². The number of ether oxygens (including phenoxy) is 2. The molecule has 2 N–H and O–H groups in total. The van der Waals surface area contributed by atoms with E-state index in [9.17, 15) is 34.9 Å². The van der Waals surface area contributed by atoms with Gasteiger partial charge < -0.3 is 19.9 Å². The van der Waals surface area contributed by atoms with Gasteiger partial charge in [0.15, 0.2) is 11.5 Å². The summed E-state index contributed by atoms with van der Waals surface area (Å²) in [7, 11) is 1.35. The van der Waals surface area contributed by atoms with Gasteiger partial charge in [-0.2, -0.15) is 0 Å². The van der Waals surface area contributed by atoms with Crippen LogP contribution in [0.3, 0.4) is 0 Å². The van der Waals surface area contributed by atoms with Crippen LogP contribution in [0, 0.1) is 20.2 Å². The number of hydrogen-bond donors (Lipinski definition) is 2. The molecule has 36 heavy (non-hydrogen) atoms. The normalized spacial score (nSPS) is 10.9. The van der Waals surface area contributed by atoms with Crippen molar-refractivity contribution in [2.24, 2.45) is 0 Å². The Kier molecular flexibility index (Phi) is 7.92. The summed E-state index contributed by atoms with van der Waals surface area (Å²) in [6, 6.07) is 15.7. The fraction of sp³-hybridized carbons (Fsp3) is 0.0833. The van der Waals surface area contributed by atoms with Gasteiger partial charge in [0, 0.05) is 11.6 Å². The number of carboxylic acid groups (broad SMARTS) is 1. The van der Waals surface area contributed by atoms with Gasteiger partial charge >= 0.3 is 5.97 Å². The number of carbonyl (C=O) groups is 2. The average Bonchev–Trinajstić information content (AvgIpc) is 2.87. The first-order chi connectivity index (χ1) is 17.2. The molecule has 3 aromatic rings. The van der Waals surface area contributed by atoms with Crippen molar-refractivity contribution in [3.05, 3.63) is 109 Å². The molecule has 3 aromatic carbocycles. The summed E-state index contributed by atoms with van der Waals surface area (Å²) in [6.07, 6.45) is 1.23. The molecule has 0 aliphatic carbocycles. The molecule has 0 saturated carbocycles. The van der Waals surface area contributed by atoms with E-state index in [4.69, 9.17) is 9.47 Å². The van der Waals surface area contributed by atoms with Gasteiger partial charge in [-0.1, -0.05) is 24.3 Å². The molecule has 184 valence electrons. The quantitative estimate of drug-likeness (QED) is 0.241. The van der Waals surface area contributed by atoms with Crippen LogP contribution in [0.1, 0.15) is 21.5 Å². The lowest BCUT2D eigenvalue weighted by atomic mass is 10.1. The zero-order valence-electron chi connectivity index (χ0n) is 18.7. The summed E-state index contributed by atoms with van der Waals surface area (Å²) in [5, 5.41) is 34.1. The second kappa shape index (κ2) is 11.2. The molecule has 0 atom stereocenters. The van der Waals surface area contributed by atoms with E-state index in [0.29, 0.717) is 5.56 Å². The zero-order chi connectivity index (χ0) is 26.2. The van der Waals surface area contributed by atoms with Crippen molar-refractivity contribution in [1.82, 2.24) is 5.32 Å². The third-order valence-electron chi connectivity index (χ3n) is 4.87. The minimum absolute atomic E-state index is 0.105. The second-order valence-electron chi connectivity index (χ2n) is 7.21. The van der Waals surface area contributed by atoms with E-state index in [1.54, 1.807) is 30.3 Å². The number of carbonyl (C=O) groups excluding carboxylic acids is 1. The minimum atomic E-state index is -1.36. The van der Waals surface area contributed by atoms with Crippen LogP contribution in [0.15, 0.2) is 72.4 Å². The van der Waals surface area contributed by atoms with Gasteiger partial charge in [0.1, 0.15) is 12.3 Å². The number of nitrogens with zero attached hydrogens (tertiary/aromatic N) is 2. The van der Waals surface area contributed by atoms with Crippen LogP contribution in [0.25, 0.3) is 6.08 Å². The molecule has 0 radical (unpaired) electrons. The van der Waals surface area contributed by atoms with Crippen molar-refractivity contribution < 1.29 is 34.0 Å². The third kappa shape index (κ3) is 6.20. The number of nitro benzene ring substituents is 2. The molecule has 0 saturated heterocycles. The van der Waals surface area contributed by atoms with E-state index in [1.807, 2.05) is 0 Å². The summed E-state index contributed by atoms with van der Waals surface area (Å²) in [5.74, 6) is -1.58. The lowest BCUT2D eigenvalue weighted by molar-refractivity contribution is -0.394. The van der Waals surface area contributed by atoms with Gasteiger partial charge in [0.05, 0.1) is 28.6 Å². The highest BCUT2D eigenvalue weighted by molar-refractivity contribution is 6.02. The lowest BCUT2D eigenvalue weighted by Gasteiger charge is -2.12. The van der Waals surface area contributed by atoms with Gasteiger partial charge in [-0.05, 0) is 42.0 Å². The maximum atomic E-state index is 12.3. The number of carboxylic acids is 1. The van der Waals surface area contributed by atoms with Crippen LogP contribution in [-0.4, -0.2) is 33.9 Å². The van der Waals surface area contributed by atoms with Crippen molar-refractivity contribution in [3.63, 3.8) is 0 Å². The Hall–Kier alpha value is -5.26. The van der Waals surface area contributed by atoms with Crippen LogP contribution in [0.4, 0.5) is 11.4 Å². The molecule has 0 aliphatic heterocycles. The Labute approximate surface area is 203 Å². The fourth-order valence-corrected chi connectivity index (χ4v) is 3.11. The van der Waals surface area contributed by atoms with Crippen LogP contribution in [0.5, 0.6) is 11.5 Å². The largest absolute Gasteiger partial charge is 0.493 e. The first-order valence-electron chi connectivity index (χ1n) is 10.2. The SMILES string of the molecule is COc1cc(C=C(NC(=O)c2ccccc2)C(=O)O)ccc1OCc1ccc([N+](=O)[O-])cc1[N+](=O)[O-]. The highest BCUT2D eigenvalue weighted by Gasteiger charge is 2.20. The predicted octanol–water partition coefficient (Wildman–Crippen LogP) is 3.95. The molecule has 12 heteroatoms. The molecule has 1 amide bonds. The molecule has 0 spiro atoms. The topological polar surface area (TPSA) is 171 Å². The highest BCUT2D eigenvalue weighted by Crippen LogP contribution is 2.31. The van der Waals surface area contributed by atoms with E-state index in [2.05, 4.69) is 5.32 Å². The summed E-state index contributed by atoms with van der Waals surface area (Å²) in [4.78, 5) is 44.7. The number of non-ortho nitro benzene ring substituents is 1. The summed E-state index contributed by atoms with van der Waals surface area (Å²) < 4.78 is 10.9. The number of nitro groups is 2. The van der Waals surface area contributed by atoms with Crippen LogP contribution >= 0.6 is 0 Å².